The van der Waals surface area contributed by atoms with E-state index in [4.69, 9.17) is 0 Å². The predicted molar refractivity (Wildman–Crippen MR) is 84.3 cm³/mol. The second kappa shape index (κ2) is 6.70. The fourth-order valence-corrected chi connectivity index (χ4v) is 3.23. The van der Waals surface area contributed by atoms with E-state index < -0.39 is 17.5 Å². The molecule has 24 heavy (non-hydrogen) atoms. The van der Waals surface area contributed by atoms with Gasteiger partial charge < -0.3 is 10.2 Å². The number of nitrogens with one attached hydrogen (secondary N) is 2. The number of rotatable bonds is 4. The lowest BCUT2D eigenvalue weighted by Gasteiger charge is -2.29. The molecule has 1 atom stereocenters. The maximum absolute atomic E-state index is 12.8. The molecule has 2 fully saturated rings. The molecule has 0 bridgehead atoms. The molecule has 130 valence electrons. The summed E-state index contributed by atoms with van der Waals surface area (Å²) in [5.74, 6) is -0.390. The highest BCUT2D eigenvalue weighted by Gasteiger charge is 2.33. The number of alkyl halides is 1. The van der Waals surface area contributed by atoms with Crippen LogP contribution in [0, 0.1) is 12.8 Å². The van der Waals surface area contributed by atoms with Crippen LogP contribution in [0.1, 0.15) is 41.9 Å². The average Bonchev–Trinajstić information content (AvgIpc) is 2.93. The predicted octanol–water partition coefficient (Wildman–Crippen LogP) is 0.547. The minimum Gasteiger partial charge on any atom is -0.352 e. The summed E-state index contributed by atoms with van der Waals surface area (Å²) in [6, 6.07) is 1.21. The summed E-state index contributed by atoms with van der Waals surface area (Å²) in [5.41, 5.74) is 0.0557. The number of hydrogen-bond donors (Lipinski definition) is 2. The van der Waals surface area contributed by atoms with Crippen molar-refractivity contribution in [1.29, 1.82) is 0 Å². The van der Waals surface area contributed by atoms with Crippen LogP contribution < -0.4 is 10.7 Å². The molecule has 7 nitrogen and oxygen atoms in total. The Bertz CT molecular complexity index is 699. The highest BCUT2D eigenvalue weighted by atomic mass is 19.1. The first-order chi connectivity index (χ1) is 11.4. The van der Waals surface area contributed by atoms with Gasteiger partial charge in [0.2, 0.25) is 11.3 Å². The smallest absolute Gasteiger partial charge is 0.278 e. The van der Waals surface area contributed by atoms with Crippen LogP contribution in [0.15, 0.2) is 10.9 Å². The number of hydrogen-bond acceptors (Lipinski definition) is 4. The van der Waals surface area contributed by atoms with Crippen molar-refractivity contribution in [2.24, 2.45) is 5.92 Å². The lowest BCUT2D eigenvalue weighted by Crippen LogP contribution is -2.41. The maximum Gasteiger partial charge on any atom is 0.278 e. The topological polar surface area (TPSA) is 95.2 Å². The minimum atomic E-state index is -0.762. The van der Waals surface area contributed by atoms with Gasteiger partial charge in [-0.25, -0.2) is 4.39 Å². The first-order valence-corrected chi connectivity index (χ1v) is 8.21. The molecule has 1 aliphatic heterocycles. The zero-order valence-electron chi connectivity index (χ0n) is 13.5. The molecule has 2 heterocycles. The molecule has 1 aromatic rings. The SMILES string of the molecule is Cc1cc(=O)c(C(=O)N2CC[C@@H](NC(=O)CC3CC(F)C3)C2)n[nH]1. The second-order valence-electron chi connectivity index (χ2n) is 6.71. The first-order valence-electron chi connectivity index (χ1n) is 8.21. The summed E-state index contributed by atoms with van der Waals surface area (Å²) in [4.78, 5) is 37.7. The summed E-state index contributed by atoms with van der Waals surface area (Å²) in [6.07, 6.45) is 1.14. The van der Waals surface area contributed by atoms with Crippen molar-refractivity contribution in [2.45, 2.75) is 44.8 Å². The number of carbonyl (C=O) groups excluding carboxylic acids is 2. The maximum atomic E-state index is 12.8. The van der Waals surface area contributed by atoms with Gasteiger partial charge in [-0.2, -0.15) is 5.10 Å². The van der Waals surface area contributed by atoms with Crippen LogP contribution in [0.25, 0.3) is 0 Å². The van der Waals surface area contributed by atoms with Crippen LogP contribution >= 0.6 is 0 Å². The Morgan fingerprint density at radius 2 is 2.21 bits per heavy atom. The van der Waals surface area contributed by atoms with Crippen molar-refractivity contribution in [1.82, 2.24) is 20.4 Å². The molecule has 2 amide bonds. The molecule has 3 rings (SSSR count). The second-order valence-corrected chi connectivity index (χ2v) is 6.71. The van der Waals surface area contributed by atoms with E-state index >= 15 is 0 Å². The van der Waals surface area contributed by atoms with Gasteiger partial charge in [0.15, 0.2) is 5.69 Å². The summed E-state index contributed by atoms with van der Waals surface area (Å²) in [7, 11) is 0. The highest BCUT2D eigenvalue weighted by molar-refractivity contribution is 5.92. The Labute approximate surface area is 138 Å². The number of aryl methyl sites for hydroxylation is 1. The molecule has 2 aliphatic rings. The molecule has 1 saturated carbocycles. The monoisotopic (exact) mass is 336 g/mol. The minimum absolute atomic E-state index is 0.0995. The Balaban J connectivity index is 1.52. The van der Waals surface area contributed by atoms with E-state index in [1.54, 1.807) is 6.92 Å². The van der Waals surface area contributed by atoms with Gasteiger partial charge in [0.05, 0.1) is 0 Å². The number of halogens is 1. The van der Waals surface area contributed by atoms with Gasteiger partial charge >= 0.3 is 0 Å². The Morgan fingerprint density at radius 3 is 2.88 bits per heavy atom. The van der Waals surface area contributed by atoms with Crippen molar-refractivity contribution in [3.8, 4) is 0 Å². The molecule has 0 aromatic carbocycles. The fourth-order valence-electron chi connectivity index (χ4n) is 3.23. The van der Waals surface area contributed by atoms with Gasteiger partial charge in [-0.05, 0) is 32.1 Å². The van der Waals surface area contributed by atoms with Crippen LogP contribution in [0.4, 0.5) is 4.39 Å². The molecule has 0 spiro atoms. The Kier molecular flexibility index (Phi) is 4.64. The normalized spacial score (nSPS) is 26.1. The summed E-state index contributed by atoms with van der Waals surface area (Å²) < 4.78 is 12.8. The van der Waals surface area contributed by atoms with Crippen molar-refractivity contribution in [3.05, 3.63) is 27.7 Å². The van der Waals surface area contributed by atoms with E-state index in [1.165, 1.54) is 11.0 Å². The molecule has 1 saturated heterocycles. The Hall–Kier alpha value is -2.25. The first kappa shape index (κ1) is 16.6. The molecule has 0 radical (unpaired) electrons. The number of aromatic amines is 1. The van der Waals surface area contributed by atoms with Gasteiger partial charge in [-0.3, -0.25) is 19.5 Å². The number of H-pyrrole nitrogens is 1. The summed E-state index contributed by atoms with van der Waals surface area (Å²) in [5, 5.41) is 9.34. The Morgan fingerprint density at radius 1 is 1.46 bits per heavy atom. The van der Waals surface area contributed by atoms with Gasteiger partial charge in [0.1, 0.15) is 6.17 Å². The van der Waals surface area contributed by atoms with E-state index in [2.05, 4.69) is 15.5 Å². The van der Waals surface area contributed by atoms with E-state index in [0.717, 1.165) is 0 Å². The molecule has 1 aliphatic carbocycles. The summed E-state index contributed by atoms with van der Waals surface area (Å²) >= 11 is 0. The number of amides is 2. The number of carbonyl (C=O) groups is 2. The third kappa shape index (κ3) is 3.63. The zero-order chi connectivity index (χ0) is 17.3. The van der Waals surface area contributed by atoms with Crippen LogP contribution in [-0.2, 0) is 4.79 Å². The van der Waals surface area contributed by atoms with E-state index in [0.29, 0.717) is 44.5 Å². The third-order valence-electron chi connectivity index (χ3n) is 4.62. The van der Waals surface area contributed by atoms with Crippen LogP contribution in [-0.4, -0.2) is 52.2 Å². The van der Waals surface area contributed by atoms with Crippen molar-refractivity contribution in [2.75, 3.05) is 13.1 Å². The molecular formula is C16H21FN4O3. The molecule has 2 N–H and O–H groups in total. The quantitative estimate of drug-likeness (QED) is 0.839. The van der Waals surface area contributed by atoms with Gasteiger partial charge in [-0.15, -0.1) is 0 Å². The van der Waals surface area contributed by atoms with Crippen molar-refractivity contribution < 1.29 is 14.0 Å². The lowest BCUT2D eigenvalue weighted by atomic mass is 9.81. The largest absolute Gasteiger partial charge is 0.352 e. The van der Waals surface area contributed by atoms with Crippen LogP contribution in [0.3, 0.4) is 0 Å². The third-order valence-corrected chi connectivity index (χ3v) is 4.62. The van der Waals surface area contributed by atoms with Crippen molar-refractivity contribution >= 4 is 11.8 Å². The number of likely N-dealkylation sites (tertiary alicyclic amines) is 1. The highest BCUT2D eigenvalue weighted by Crippen LogP contribution is 2.32. The molecular weight excluding hydrogens is 315 g/mol. The average molecular weight is 336 g/mol. The van der Waals surface area contributed by atoms with Crippen LogP contribution in [0.5, 0.6) is 0 Å². The zero-order valence-corrected chi connectivity index (χ0v) is 13.5. The lowest BCUT2D eigenvalue weighted by molar-refractivity contribution is -0.123. The van der Waals surface area contributed by atoms with E-state index in [1.807, 2.05) is 0 Å². The van der Waals surface area contributed by atoms with Crippen LogP contribution in [0.2, 0.25) is 0 Å². The van der Waals surface area contributed by atoms with E-state index in [-0.39, 0.29) is 23.6 Å². The van der Waals surface area contributed by atoms with Gasteiger partial charge in [-0.1, -0.05) is 0 Å². The summed E-state index contributed by atoms with van der Waals surface area (Å²) in [6.45, 7) is 2.52. The van der Waals surface area contributed by atoms with E-state index in [9.17, 15) is 18.8 Å². The fraction of sp³-hybridized carbons (Fsp3) is 0.625. The number of nitrogens with zero attached hydrogens (tertiary/aromatic N) is 2. The molecule has 0 unspecified atom stereocenters. The standard InChI is InChI=1S/C16H21FN4O3/c1-9-4-13(22)15(20-19-9)16(24)21-3-2-12(8-21)18-14(23)7-10-5-11(17)6-10/h4,10-12H,2-3,5-8H2,1H3,(H,18,23)(H,19,22)/t10?,11?,12-/m1/s1. The van der Waals surface area contributed by atoms with Gasteiger partial charge in [0.25, 0.3) is 5.91 Å². The van der Waals surface area contributed by atoms with Gasteiger partial charge in [0, 0.05) is 37.3 Å². The molecule has 1 aromatic heterocycles. The number of aromatic nitrogens is 2. The molecule has 8 heteroatoms. The van der Waals surface area contributed by atoms with Crippen molar-refractivity contribution in [3.63, 3.8) is 0 Å².